The molecule has 1 nitrogen and oxygen atoms in total. The van der Waals surface area contributed by atoms with Gasteiger partial charge in [-0.15, -0.1) is 6.58 Å². The van der Waals surface area contributed by atoms with Crippen molar-refractivity contribution in [2.24, 2.45) is 0 Å². The smallest absolute Gasteiger partial charge is 0.142 e. The molecule has 0 unspecified atom stereocenters. The highest BCUT2D eigenvalue weighted by atomic mass is 32.2. The third-order valence-electron chi connectivity index (χ3n) is 1.94. The summed E-state index contributed by atoms with van der Waals surface area (Å²) >= 11 is 1.74. The minimum absolute atomic E-state index is 0.405. The van der Waals surface area contributed by atoms with Crippen molar-refractivity contribution >= 4 is 17.5 Å². The molecule has 0 aliphatic heterocycles. The third kappa shape index (κ3) is 9.85. The standard InChI is InChI=1S/C12H22OS/c1-4-5-6-7-8-9-12(13)10-14-11(2)3/h4,11H,1,5-10H2,2-3H3. The predicted octanol–water partition coefficient (Wildman–Crippen LogP) is 3.83. The van der Waals surface area contributed by atoms with Crippen molar-refractivity contribution in [1.29, 1.82) is 0 Å². The molecule has 0 N–H and O–H groups in total. The van der Waals surface area contributed by atoms with Gasteiger partial charge in [0.05, 0.1) is 5.75 Å². The molecule has 0 saturated heterocycles. The van der Waals surface area contributed by atoms with Gasteiger partial charge in [-0.25, -0.2) is 0 Å². The van der Waals surface area contributed by atoms with Crippen molar-refractivity contribution in [3.05, 3.63) is 12.7 Å². The molecule has 82 valence electrons. The van der Waals surface area contributed by atoms with E-state index in [9.17, 15) is 4.79 Å². The predicted molar refractivity (Wildman–Crippen MR) is 65.9 cm³/mol. The summed E-state index contributed by atoms with van der Waals surface area (Å²) in [7, 11) is 0. The van der Waals surface area contributed by atoms with Gasteiger partial charge < -0.3 is 0 Å². The summed E-state index contributed by atoms with van der Waals surface area (Å²) in [6, 6.07) is 0. The zero-order valence-electron chi connectivity index (χ0n) is 9.42. The maximum absolute atomic E-state index is 11.3. The van der Waals surface area contributed by atoms with Gasteiger partial charge >= 0.3 is 0 Å². The van der Waals surface area contributed by atoms with Crippen molar-refractivity contribution in [3.63, 3.8) is 0 Å². The summed E-state index contributed by atoms with van der Waals surface area (Å²) in [6.07, 6.45) is 7.16. The Hall–Kier alpha value is -0.240. The molecule has 0 amide bonds. The van der Waals surface area contributed by atoms with Crippen molar-refractivity contribution in [2.45, 2.75) is 51.2 Å². The monoisotopic (exact) mass is 214 g/mol. The van der Waals surface area contributed by atoms with Gasteiger partial charge in [-0.05, 0) is 24.5 Å². The van der Waals surface area contributed by atoms with E-state index in [0.717, 1.165) is 25.7 Å². The summed E-state index contributed by atoms with van der Waals surface area (Å²) < 4.78 is 0. The third-order valence-corrected chi connectivity index (χ3v) is 3.10. The van der Waals surface area contributed by atoms with Crippen LogP contribution in [0.25, 0.3) is 0 Å². The minimum Gasteiger partial charge on any atom is -0.299 e. The van der Waals surface area contributed by atoms with Gasteiger partial charge in [0.25, 0.3) is 0 Å². The van der Waals surface area contributed by atoms with E-state index in [2.05, 4.69) is 20.4 Å². The van der Waals surface area contributed by atoms with Gasteiger partial charge in [0.1, 0.15) is 5.78 Å². The van der Waals surface area contributed by atoms with Gasteiger partial charge in [0.15, 0.2) is 0 Å². The van der Waals surface area contributed by atoms with Crippen LogP contribution in [0.3, 0.4) is 0 Å². The van der Waals surface area contributed by atoms with Crippen LogP contribution in [0.15, 0.2) is 12.7 Å². The number of Topliss-reactive ketones (excluding diaryl/α,β-unsaturated/α-hetero) is 1. The molecule has 0 rings (SSSR count). The Kier molecular flexibility index (Phi) is 9.16. The van der Waals surface area contributed by atoms with Crippen LogP contribution in [0.4, 0.5) is 0 Å². The Morgan fingerprint density at radius 2 is 2.07 bits per heavy atom. The molecule has 0 aliphatic carbocycles. The SMILES string of the molecule is C=CCCCCCC(=O)CSC(C)C. The lowest BCUT2D eigenvalue weighted by molar-refractivity contribution is -0.116. The Bertz CT molecular complexity index is 164. The van der Waals surface area contributed by atoms with Gasteiger partial charge in [-0.3, -0.25) is 4.79 Å². The first-order chi connectivity index (χ1) is 6.66. The van der Waals surface area contributed by atoms with Crippen LogP contribution >= 0.6 is 11.8 Å². The molecule has 0 aromatic carbocycles. The van der Waals surface area contributed by atoms with E-state index in [1.165, 1.54) is 6.42 Å². The molecule has 0 fully saturated rings. The number of hydrogen-bond donors (Lipinski definition) is 0. The number of unbranched alkanes of at least 4 members (excludes halogenated alkanes) is 3. The average Bonchev–Trinajstić information content (AvgIpc) is 2.14. The first-order valence-electron chi connectivity index (χ1n) is 5.41. The summed E-state index contributed by atoms with van der Waals surface area (Å²) in [6.45, 7) is 7.93. The van der Waals surface area contributed by atoms with Crippen LogP contribution in [0, 0.1) is 0 Å². The van der Waals surface area contributed by atoms with Crippen LogP contribution in [0.2, 0.25) is 0 Å². The molecule has 14 heavy (non-hydrogen) atoms. The van der Waals surface area contributed by atoms with Gasteiger partial charge in [-0.2, -0.15) is 11.8 Å². The van der Waals surface area contributed by atoms with Crippen molar-refractivity contribution < 1.29 is 4.79 Å². The second kappa shape index (κ2) is 9.32. The molecule has 0 aliphatic rings. The number of carbonyl (C=O) groups is 1. The molecule has 0 aromatic heterocycles. The lowest BCUT2D eigenvalue weighted by Crippen LogP contribution is -2.03. The summed E-state index contributed by atoms with van der Waals surface area (Å²) in [4.78, 5) is 11.3. The van der Waals surface area contributed by atoms with Crippen LogP contribution in [-0.2, 0) is 4.79 Å². The molecule has 0 atom stereocenters. The highest BCUT2D eigenvalue weighted by Crippen LogP contribution is 2.11. The number of carbonyl (C=O) groups excluding carboxylic acids is 1. The van der Waals surface area contributed by atoms with Crippen LogP contribution in [0.5, 0.6) is 0 Å². The fourth-order valence-corrected chi connectivity index (χ4v) is 1.78. The fraction of sp³-hybridized carbons (Fsp3) is 0.750. The van der Waals surface area contributed by atoms with Gasteiger partial charge in [-0.1, -0.05) is 26.3 Å². The summed E-state index contributed by atoms with van der Waals surface area (Å²) in [5.74, 6) is 1.10. The van der Waals surface area contributed by atoms with Gasteiger partial charge in [0, 0.05) is 6.42 Å². The Labute approximate surface area is 92.3 Å². The Balaban J connectivity index is 3.22. The second-order valence-electron chi connectivity index (χ2n) is 3.79. The minimum atomic E-state index is 0.405. The lowest BCUT2D eigenvalue weighted by atomic mass is 10.1. The highest BCUT2D eigenvalue weighted by molar-refractivity contribution is 8.00. The maximum atomic E-state index is 11.3. The number of hydrogen-bond acceptors (Lipinski definition) is 2. The zero-order valence-corrected chi connectivity index (χ0v) is 10.2. The van der Waals surface area contributed by atoms with Crippen LogP contribution in [0.1, 0.15) is 46.0 Å². The van der Waals surface area contributed by atoms with Gasteiger partial charge in [0.2, 0.25) is 0 Å². The summed E-state index contributed by atoms with van der Waals surface area (Å²) in [5, 5.41) is 0.569. The molecule has 0 heterocycles. The van der Waals surface area contributed by atoms with E-state index >= 15 is 0 Å². The molecular formula is C12H22OS. The second-order valence-corrected chi connectivity index (χ2v) is 5.35. The van der Waals surface area contributed by atoms with E-state index in [0.29, 0.717) is 16.8 Å². The number of allylic oxidation sites excluding steroid dienone is 1. The van der Waals surface area contributed by atoms with Crippen molar-refractivity contribution in [3.8, 4) is 0 Å². The zero-order chi connectivity index (χ0) is 10.8. The molecular weight excluding hydrogens is 192 g/mol. The Morgan fingerprint density at radius 3 is 2.64 bits per heavy atom. The first-order valence-corrected chi connectivity index (χ1v) is 6.46. The van der Waals surface area contributed by atoms with E-state index in [1.54, 1.807) is 11.8 Å². The number of ketones is 1. The first kappa shape index (κ1) is 13.8. The molecule has 0 bridgehead atoms. The summed E-state index contributed by atoms with van der Waals surface area (Å²) in [5.41, 5.74) is 0. The number of rotatable bonds is 9. The Morgan fingerprint density at radius 1 is 1.36 bits per heavy atom. The van der Waals surface area contributed by atoms with Crippen LogP contribution in [-0.4, -0.2) is 16.8 Å². The van der Waals surface area contributed by atoms with E-state index in [4.69, 9.17) is 0 Å². The molecule has 0 saturated carbocycles. The topological polar surface area (TPSA) is 17.1 Å². The lowest BCUT2D eigenvalue weighted by Gasteiger charge is -2.03. The average molecular weight is 214 g/mol. The van der Waals surface area contributed by atoms with E-state index in [1.807, 2.05) is 6.08 Å². The maximum Gasteiger partial charge on any atom is 0.142 e. The van der Waals surface area contributed by atoms with Crippen molar-refractivity contribution in [2.75, 3.05) is 5.75 Å². The highest BCUT2D eigenvalue weighted by Gasteiger charge is 2.03. The fourth-order valence-electron chi connectivity index (χ4n) is 1.12. The number of thioether (sulfide) groups is 1. The molecule has 0 radical (unpaired) electrons. The quantitative estimate of drug-likeness (QED) is 0.428. The van der Waals surface area contributed by atoms with Crippen LogP contribution < -0.4 is 0 Å². The molecule has 2 heteroatoms. The molecule has 0 spiro atoms. The van der Waals surface area contributed by atoms with E-state index in [-0.39, 0.29) is 0 Å². The molecule has 0 aromatic rings. The largest absolute Gasteiger partial charge is 0.299 e. The van der Waals surface area contributed by atoms with Crippen molar-refractivity contribution in [1.82, 2.24) is 0 Å². The normalized spacial score (nSPS) is 10.5. The van der Waals surface area contributed by atoms with E-state index < -0.39 is 0 Å².